The van der Waals surface area contributed by atoms with Gasteiger partial charge in [0, 0.05) is 12.7 Å². The molecule has 0 bridgehead atoms. The van der Waals surface area contributed by atoms with Crippen LogP contribution in [-0.2, 0) is 24.1 Å². The van der Waals surface area contributed by atoms with Gasteiger partial charge in [-0.1, -0.05) is 12.1 Å². The average molecular weight is 489 g/mol. The Morgan fingerprint density at radius 1 is 1.03 bits per heavy atom. The smallest absolute Gasteiger partial charge is 0.245 e. The fourth-order valence-electron chi connectivity index (χ4n) is 4.08. The molecule has 3 aromatic rings. The molecule has 1 saturated heterocycles. The molecule has 5 N–H and O–H groups in total. The lowest BCUT2D eigenvalue weighted by Gasteiger charge is -2.39. The Bertz CT molecular complexity index is 1120. The SMILES string of the molecule is CN(C)CCn1nc(O[C@@H]2O[C@H](CO)[C@@H](O)[C@H](O)[C@H]2O)c2c(CCc3ccc(O)cc3)ccnc21. The van der Waals surface area contributed by atoms with Gasteiger partial charge in [0.25, 0.3) is 0 Å². The van der Waals surface area contributed by atoms with Crippen LogP contribution in [0, 0.1) is 0 Å². The van der Waals surface area contributed by atoms with Crippen molar-refractivity contribution in [3.63, 3.8) is 0 Å². The minimum Gasteiger partial charge on any atom is -0.508 e. The molecule has 1 aliphatic heterocycles. The normalized spacial score (nSPS) is 24.8. The molecule has 5 atom stereocenters. The lowest BCUT2D eigenvalue weighted by atomic mass is 9.99. The maximum Gasteiger partial charge on any atom is 0.245 e. The van der Waals surface area contributed by atoms with E-state index < -0.39 is 37.3 Å². The lowest BCUT2D eigenvalue weighted by molar-refractivity contribution is -0.278. The minimum absolute atomic E-state index is 0.178. The highest BCUT2D eigenvalue weighted by molar-refractivity contribution is 5.85. The summed E-state index contributed by atoms with van der Waals surface area (Å²) in [6, 6.07) is 8.88. The molecule has 35 heavy (non-hydrogen) atoms. The third-order valence-corrected chi connectivity index (χ3v) is 6.14. The van der Waals surface area contributed by atoms with E-state index in [-0.39, 0.29) is 11.6 Å². The molecule has 1 aliphatic rings. The summed E-state index contributed by atoms with van der Waals surface area (Å²) < 4.78 is 13.2. The van der Waals surface area contributed by atoms with E-state index in [4.69, 9.17) is 9.47 Å². The average Bonchev–Trinajstić information content (AvgIpc) is 3.20. The van der Waals surface area contributed by atoms with Crippen molar-refractivity contribution in [1.82, 2.24) is 19.7 Å². The third-order valence-electron chi connectivity index (χ3n) is 6.14. The molecule has 190 valence electrons. The number of rotatable bonds is 9. The summed E-state index contributed by atoms with van der Waals surface area (Å²) >= 11 is 0. The van der Waals surface area contributed by atoms with Gasteiger partial charge in [-0.15, -0.1) is 5.10 Å². The number of ether oxygens (including phenoxy) is 2. The summed E-state index contributed by atoms with van der Waals surface area (Å²) in [6.07, 6.45) is -3.99. The van der Waals surface area contributed by atoms with E-state index in [0.29, 0.717) is 37.0 Å². The zero-order valence-electron chi connectivity index (χ0n) is 19.7. The van der Waals surface area contributed by atoms with Crippen LogP contribution < -0.4 is 4.74 Å². The number of aliphatic hydroxyl groups is 4. The van der Waals surface area contributed by atoms with Crippen molar-refractivity contribution >= 4 is 11.0 Å². The lowest BCUT2D eigenvalue weighted by Crippen LogP contribution is -2.60. The number of aryl methyl sites for hydroxylation is 2. The number of aromatic nitrogens is 3. The van der Waals surface area contributed by atoms with Crippen LogP contribution in [0.25, 0.3) is 11.0 Å². The highest BCUT2D eigenvalue weighted by Crippen LogP contribution is 2.31. The fraction of sp³-hybridized carbons (Fsp3) is 0.500. The Kier molecular flexibility index (Phi) is 7.85. The van der Waals surface area contributed by atoms with Crippen molar-refractivity contribution in [3.8, 4) is 11.6 Å². The molecule has 0 amide bonds. The summed E-state index contributed by atoms with van der Waals surface area (Å²) in [7, 11) is 3.90. The van der Waals surface area contributed by atoms with Crippen LogP contribution in [0.5, 0.6) is 11.6 Å². The molecule has 0 aliphatic carbocycles. The molecular formula is C24H32N4O7. The van der Waals surface area contributed by atoms with Gasteiger partial charge in [-0.05, 0) is 56.3 Å². The monoisotopic (exact) mass is 488 g/mol. The van der Waals surface area contributed by atoms with Crippen molar-refractivity contribution in [2.75, 3.05) is 27.2 Å². The standard InChI is InChI=1S/C24H32N4O7/c1-27(2)11-12-28-22-18(15(9-10-25-22)6-3-14-4-7-16(30)8-5-14)23(26-28)35-24-21(33)20(32)19(31)17(13-29)34-24/h4-5,7-10,17,19-21,24,29-33H,3,6,11-13H2,1-2H3/t17-,19-,20+,21-,24+/m1/s1. The van der Waals surface area contributed by atoms with Crippen molar-refractivity contribution in [2.24, 2.45) is 0 Å². The number of fused-ring (bicyclic) bond motifs is 1. The summed E-state index contributed by atoms with van der Waals surface area (Å²) in [5.41, 5.74) is 2.57. The number of aromatic hydroxyl groups is 1. The second-order valence-corrected chi connectivity index (χ2v) is 8.98. The van der Waals surface area contributed by atoms with E-state index in [1.165, 1.54) is 0 Å². The first kappa shape index (κ1) is 25.3. The molecule has 0 saturated carbocycles. The van der Waals surface area contributed by atoms with E-state index in [2.05, 4.69) is 10.1 Å². The maximum atomic E-state index is 10.5. The number of nitrogens with zero attached hydrogens (tertiary/aromatic N) is 4. The number of likely N-dealkylation sites (N-methyl/N-ethyl adjacent to an activating group) is 1. The van der Waals surface area contributed by atoms with Crippen LogP contribution in [0.4, 0.5) is 0 Å². The second-order valence-electron chi connectivity index (χ2n) is 8.98. The van der Waals surface area contributed by atoms with E-state index in [1.807, 2.05) is 37.2 Å². The number of pyridine rings is 1. The molecule has 4 rings (SSSR count). The quantitative estimate of drug-likeness (QED) is 0.270. The van der Waals surface area contributed by atoms with Crippen molar-refractivity contribution in [1.29, 1.82) is 0 Å². The van der Waals surface area contributed by atoms with Crippen LogP contribution >= 0.6 is 0 Å². The van der Waals surface area contributed by atoms with Crippen LogP contribution in [0.15, 0.2) is 36.5 Å². The van der Waals surface area contributed by atoms with Gasteiger partial charge < -0.3 is 39.9 Å². The molecule has 1 aromatic carbocycles. The van der Waals surface area contributed by atoms with Crippen molar-refractivity contribution in [2.45, 2.75) is 50.1 Å². The van der Waals surface area contributed by atoms with Crippen LogP contribution in [0.1, 0.15) is 11.1 Å². The van der Waals surface area contributed by atoms with Crippen LogP contribution in [-0.4, -0.2) is 103 Å². The summed E-state index contributed by atoms with van der Waals surface area (Å²) in [4.78, 5) is 6.53. The first-order chi connectivity index (χ1) is 16.8. The van der Waals surface area contributed by atoms with Gasteiger partial charge in [-0.2, -0.15) is 0 Å². The number of hydrogen-bond donors (Lipinski definition) is 5. The summed E-state index contributed by atoms with van der Waals surface area (Å²) in [5.74, 6) is 0.384. The topological polar surface area (TPSA) is 154 Å². The van der Waals surface area contributed by atoms with Gasteiger partial charge >= 0.3 is 0 Å². The predicted molar refractivity (Wildman–Crippen MR) is 126 cm³/mol. The van der Waals surface area contributed by atoms with E-state index >= 15 is 0 Å². The van der Waals surface area contributed by atoms with Crippen molar-refractivity contribution < 1.29 is 35.0 Å². The Labute approximate surface area is 202 Å². The molecule has 1 fully saturated rings. The predicted octanol–water partition coefficient (Wildman–Crippen LogP) is -0.338. The Hall–Kier alpha value is -2.80. The second kappa shape index (κ2) is 10.9. The first-order valence-corrected chi connectivity index (χ1v) is 11.5. The number of phenols is 1. The van der Waals surface area contributed by atoms with Gasteiger partial charge in [0.15, 0.2) is 5.65 Å². The molecule has 0 spiro atoms. The molecule has 2 aromatic heterocycles. The van der Waals surface area contributed by atoms with Gasteiger partial charge in [-0.25, -0.2) is 9.67 Å². The Morgan fingerprint density at radius 3 is 2.46 bits per heavy atom. The summed E-state index contributed by atoms with van der Waals surface area (Å²) in [6.45, 7) is 0.688. The Morgan fingerprint density at radius 2 is 1.77 bits per heavy atom. The van der Waals surface area contributed by atoms with Crippen LogP contribution in [0.3, 0.4) is 0 Å². The van der Waals surface area contributed by atoms with E-state index in [9.17, 15) is 25.5 Å². The zero-order chi connectivity index (χ0) is 25.1. The minimum atomic E-state index is -1.56. The van der Waals surface area contributed by atoms with Gasteiger partial charge in [0.05, 0.1) is 18.5 Å². The molecule has 11 nitrogen and oxygen atoms in total. The van der Waals surface area contributed by atoms with Gasteiger partial charge in [0.2, 0.25) is 12.2 Å². The van der Waals surface area contributed by atoms with Gasteiger partial charge in [0.1, 0.15) is 30.2 Å². The molecule has 11 heteroatoms. The summed E-state index contributed by atoms with van der Waals surface area (Å²) in [5, 5.41) is 55.0. The van der Waals surface area contributed by atoms with Crippen LogP contribution in [0.2, 0.25) is 0 Å². The highest BCUT2D eigenvalue weighted by Gasteiger charge is 2.45. The highest BCUT2D eigenvalue weighted by atomic mass is 16.7. The number of phenolic OH excluding ortho intramolecular Hbond substituents is 1. The third kappa shape index (κ3) is 5.56. The van der Waals surface area contributed by atoms with Crippen molar-refractivity contribution in [3.05, 3.63) is 47.7 Å². The number of hydrogen-bond acceptors (Lipinski definition) is 10. The zero-order valence-corrected chi connectivity index (χ0v) is 19.7. The molecular weight excluding hydrogens is 456 g/mol. The molecule has 0 unspecified atom stereocenters. The molecule has 3 heterocycles. The van der Waals surface area contributed by atoms with E-state index in [1.54, 1.807) is 23.0 Å². The maximum absolute atomic E-state index is 10.5. The number of benzene rings is 1. The molecule has 0 radical (unpaired) electrons. The largest absolute Gasteiger partial charge is 0.508 e. The first-order valence-electron chi connectivity index (χ1n) is 11.5. The van der Waals surface area contributed by atoms with E-state index in [0.717, 1.165) is 11.1 Å². The number of aliphatic hydroxyl groups excluding tert-OH is 4. The fourth-order valence-corrected chi connectivity index (χ4v) is 4.08. The van der Waals surface area contributed by atoms with Gasteiger partial charge in [-0.3, -0.25) is 0 Å². The Balaban J connectivity index is 1.67.